The number of likely N-dealkylation sites (tertiary alicyclic amines) is 1. The van der Waals surface area contributed by atoms with Crippen LogP contribution < -0.4 is 16.4 Å². The van der Waals surface area contributed by atoms with Gasteiger partial charge in [-0.25, -0.2) is 4.98 Å². The third-order valence-corrected chi connectivity index (χ3v) is 8.80. The van der Waals surface area contributed by atoms with Gasteiger partial charge in [0.25, 0.3) is 0 Å². The van der Waals surface area contributed by atoms with Crippen LogP contribution in [0.3, 0.4) is 0 Å². The lowest BCUT2D eigenvalue weighted by Crippen LogP contribution is -2.54. The zero-order valence-electron chi connectivity index (χ0n) is 22.5. The third kappa shape index (κ3) is 6.97. The molecule has 3 fully saturated rings. The van der Waals surface area contributed by atoms with Gasteiger partial charge >= 0.3 is 0 Å². The van der Waals surface area contributed by atoms with E-state index in [1.54, 1.807) is 6.20 Å². The van der Waals surface area contributed by atoms with Crippen molar-refractivity contribution in [3.63, 3.8) is 0 Å². The first kappa shape index (κ1) is 28.6. The van der Waals surface area contributed by atoms with Crippen molar-refractivity contribution >= 4 is 40.8 Å². The van der Waals surface area contributed by atoms with Crippen molar-refractivity contribution in [3.8, 4) is 0 Å². The molecule has 1 saturated heterocycles. The van der Waals surface area contributed by atoms with Crippen molar-refractivity contribution in [2.45, 2.75) is 108 Å². The highest BCUT2D eigenvalue weighted by Gasteiger charge is 2.38. The van der Waals surface area contributed by atoms with Gasteiger partial charge < -0.3 is 21.3 Å². The largest absolute Gasteiger partial charge is 0.383 e. The summed E-state index contributed by atoms with van der Waals surface area (Å²) in [4.78, 5) is 33.2. The summed E-state index contributed by atoms with van der Waals surface area (Å²) in [7, 11) is 0. The molecule has 2 aliphatic carbocycles. The molecule has 3 aliphatic rings. The molecule has 2 amide bonds. The molecular formula is C30H44ClN5O2. The highest BCUT2D eigenvalue weighted by molar-refractivity contribution is 5.92. The van der Waals surface area contributed by atoms with Crippen LogP contribution in [0, 0.1) is 5.92 Å². The van der Waals surface area contributed by atoms with Crippen LogP contribution >= 0.6 is 12.4 Å². The van der Waals surface area contributed by atoms with Gasteiger partial charge in [-0.15, -0.1) is 12.4 Å². The summed E-state index contributed by atoms with van der Waals surface area (Å²) in [5.74, 6) is 1.22. The van der Waals surface area contributed by atoms with Gasteiger partial charge in [-0.1, -0.05) is 63.5 Å². The maximum Gasteiger partial charge on any atom is 0.243 e. The number of benzene rings is 1. The number of pyridine rings is 1. The molecule has 0 spiro atoms. The van der Waals surface area contributed by atoms with E-state index < -0.39 is 0 Å². The third-order valence-electron chi connectivity index (χ3n) is 8.80. The zero-order chi connectivity index (χ0) is 25.6. The van der Waals surface area contributed by atoms with Crippen LogP contribution in [0.25, 0.3) is 10.8 Å². The molecule has 38 heavy (non-hydrogen) atoms. The molecule has 2 heterocycles. The number of nitrogens with zero attached hydrogens (tertiary/aromatic N) is 2. The van der Waals surface area contributed by atoms with Crippen LogP contribution in [0.4, 0.5) is 5.82 Å². The molecule has 5 rings (SSSR count). The Morgan fingerprint density at radius 2 is 1.71 bits per heavy atom. The minimum absolute atomic E-state index is 0. The summed E-state index contributed by atoms with van der Waals surface area (Å²) < 4.78 is 0. The Bertz CT molecular complexity index is 1060. The first-order valence-corrected chi connectivity index (χ1v) is 14.6. The molecule has 1 aromatic heterocycles. The molecule has 208 valence electrons. The molecule has 0 bridgehead atoms. The number of nitrogens with one attached hydrogen (secondary N) is 2. The molecule has 4 N–H and O–H groups in total. The van der Waals surface area contributed by atoms with E-state index in [0.29, 0.717) is 30.9 Å². The van der Waals surface area contributed by atoms with Crippen LogP contribution in [0.5, 0.6) is 0 Å². The van der Waals surface area contributed by atoms with Gasteiger partial charge in [0.1, 0.15) is 11.9 Å². The number of amides is 2. The van der Waals surface area contributed by atoms with Crippen molar-refractivity contribution in [3.05, 3.63) is 36.0 Å². The number of aromatic nitrogens is 1. The van der Waals surface area contributed by atoms with Crippen LogP contribution in [-0.2, 0) is 16.1 Å². The second kappa shape index (κ2) is 13.6. The van der Waals surface area contributed by atoms with Crippen molar-refractivity contribution in [2.24, 2.45) is 5.92 Å². The lowest BCUT2D eigenvalue weighted by molar-refractivity contribution is -0.140. The van der Waals surface area contributed by atoms with Gasteiger partial charge in [-0.3, -0.25) is 9.59 Å². The Labute approximate surface area is 233 Å². The Morgan fingerprint density at radius 1 is 0.974 bits per heavy atom. The molecule has 2 saturated carbocycles. The number of carbonyl (C=O) groups excluding carboxylic acids is 2. The standard InChI is InChI=1S/C30H43N5O2.ClH/c31-28-25-14-13-22(18-23(25)15-16-32-28)20-33-29(36)27-12-7-17-35(27)30(37)26(19-21-8-3-1-4-9-21)34-24-10-5-2-6-11-24;/h13-16,18,21,24,26-27,34H,1-12,17,19-20H2,(H2,31,32)(H,33,36);1H/t26-,27+;/m1./s1. The van der Waals surface area contributed by atoms with E-state index in [-0.39, 0.29) is 36.3 Å². The van der Waals surface area contributed by atoms with E-state index in [4.69, 9.17) is 5.73 Å². The molecule has 1 aromatic carbocycles. The molecule has 0 unspecified atom stereocenters. The van der Waals surface area contributed by atoms with Crippen LogP contribution in [0.2, 0.25) is 0 Å². The number of nitrogen functional groups attached to an aromatic ring is 1. The van der Waals surface area contributed by atoms with Crippen LogP contribution in [0.1, 0.15) is 89.0 Å². The number of fused-ring (bicyclic) bond motifs is 1. The number of carbonyl (C=O) groups is 2. The number of rotatable bonds is 8. The molecule has 2 atom stereocenters. The number of nitrogens with two attached hydrogens (primary N) is 1. The van der Waals surface area contributed by atoms with Crippen molar-refractivity contribution in [1.29, 1.82) is 0 Å². The topological polar surface area (TPSA) is 100 Å². The van der Waals surface area contributed by atoms with Crippen LogP contribution in [0.15, 0.2) is 30.5 Å². The van der Waals surface area contributed by atoms with E-state index in [2.05, 4.69) is 15.6 Å². The maximum absolute atomic E-state index is 13.9. The van der Waals surface area contributed by atoms with E-state index in [9.17, 15) is 9.59 Å². The summed E-state index contributed by atoms with van der Waals surface area (Å²) in [5, 5.41) is 8.81. The van der Waals surface area contributed by atoms with E-state index in [1.807, 2.05) is 29.2 Å². The average molecular weight is 542 g/mol. The van der Waals surface area contributed by atoms with E-state index >= 15 is 0 Å². The highest BCUT2D eigenvalue weighted by atomic mass is 35.5. The van der Waals surface area contributed by atoms with Crippen LogP contribution in [-0.4, -0.2) is 46.4 Å². The normalized spacial score (nSPS) is 21.7. The summed E-state index contributed by atoms with van der Waals surface area (Å²) in [6.45, 7) is 1.11. The Kier molecular flexibility index (Phi) is 10.3. The predicted octanol–water partition coefficient (Wildman–Crippen LogP) is 5.11. The SMILES string of the molecule is Cl.Nc1nccc2cc(CNC(=O)[C@@H]3CCCN3C(=O)[C@@H](CC3CCCCC3)NC3CCCCC3)ccc12. The molecule has 1 aliphatic heterocycles. The van der Waals surface area contributed by atoms with Gasteiger partial charge in [0.05, 0.1) is 6.04 Å². The van der Waals surface area contributed by atoms with Gasteiger partial charge in [0.2, 0.25) is 11.8 Å². The zero-order valence-corrected chi connectivity index (χ0v) is 23.3. The van der Waals surface area contributed by atoms with E-state index in [0.717, 1.165) is 48.4 Å². The van der Waals surface area contributed by atoms with E-state index in [1.165, 1.54) is 51.4 Å². The number of anilines is 1. The molecular weight excluding hydrogens is 498 g/mol. The summed E-state index contributed by atoms with van der Waals surface area (Å²) in [6, 6.07) is 7.79. The molecule has 7 nitrogen and oxygen atoms in total. The fourth-order valence-corrected chi connectivity index (χ4v) is 6.72. The second-order valence-corrected chi connectivity index (χ2v) is 11.5. The predicted molar refractivity (Wildman–Crippen MR) is 155 cm³/mol. The Morgan fingerprint density at radius 3 is 2.47 bits per heavy atom. The molecule has 0 radical (unpaired) electrons. The average Bonchev–Trinajstić information content (AvgIpc) is 3.42. The first-order valence-electron chi connectivity index (χ1n) is 14.6. The fraction of sp³-hybridized carbons (Fsp3) is 0.633. The maximum atomic E-state index is 13.9. The minimum Gasteiger partial charge on any atom is -0.383 e. The van der Waals surface area contributed by atoms with Crippen molar-refractivity contribution < 1.29 is 9.59 Å². The smallest absolute Gasteiger partial charge is 0.243 e. The summed E-state index contributed by atoms with van der Waals surface area (Å²) in [5.41, 5.74) is 6.98. The Balaban J connectivity index is 0.00000336. The van der Waals surface area contributed by atoms with Gasteiger partial charge in [-0.2, -0.15) is 0 Å². The Hall–Kier alpha value is -2.38. The number of hydrogen-bond acceptors (Lipinski definition) is 5. The molecule has 8 heteroatoms. The quantitative estimate of drug-likeness (QED) is 0.431. The lowest BCUT2D eigenvalue weighted by atomic mass is 9.84. The van der Waals surface area contributed by atoms with Crippen molar-refractivity contribution in [2.75, 3.05) is 12.3 Å². The second-order valence-electron chi connectivity index (χ2n) is 11.5. The monoisotopic (exact) mass is 541 g/mol. The summed E-state index contributed by atoms with van der Waals surface area (Å²) in [6.07, 6.45) is 16.7. The lowest BCUT2D eigenvalue weighted by Gasteiger charge is -2.35. The summed E-state index contributed by atoms with van der Waals surface area (Å²) >= 11 is 0. The first-order chi connectivity index (χ1) is 18.1. The molecule has 2 aromatic rings. The highest BCUT2D eigenvalue weighted by Crippen LogP contribution is 2.30. The number of halogens is 1. The van der Waals surface area contributed by atoms with Crippen molar-refractivity contribution in [1.82, 2.24) is 20.5 Å². The number of hydrogen-bond donors (Lipinski definition) is 3. The minimum atomic E-state index is -0.380. The van der Waals surface area contributed by atoms with Gasteiger partial charge in [0.15, 0.2) is 0 Å². The fourth-order valence-electron chi connectivity index (χ4n) is 6.72. The van der Waals surface area contributed by atoms with Gasteiger partial charge in [-0.05, 0) is 61.1 Å². The van der Waals surface area contributed by atoms with Gasteiger partial charge in [0, 0.05) is 30.7 Å².